The smallest absolute Gasteiger partial charge is 0.246 e. The fraction of sp³-hybridized carbons (Fsp3) is 0.448. The number of hydrogen-bond donors (Lipinski definition) is 1. The molecule has 1 amide bonds. The Morgan fingerprint density at radius 2 is 2.07 bits per heavy atom. The molecular formula is C29H32ClFN8O2. The van der Waals surface area contributed by atoms with Crippen molar-refractivity contribution in [2.45, 2.75) is 31.8 Å². The van der Waals surface area contributed by atoms with Crippen molar-refractivity contribution < 1.29 is 13.9 Å². The van der Waals surface area contributed by atoms with Crippen LogP contribution >= 0.6 is 11.6 Å². The van der Waals surface area contributed by atoms with Crippen LogP contribution in [0.1, 0.15) is 29.7 Å². The molecule has 2 saturated heterocycles. The molecule has 214 valence electrons. The van der Waals surface area contributed by atoms with Crippen LogP contribution in [-0.4, -0.2) is 89.9 Å². The lowest BCUT2D eigenvalue weighted by molar-refractivity contribution is -0.126. The van der Waals surface area contributed by atoms with E-state index < -0.39 is 5.82 Å². The minimum atomic E-state index is -0.519. The zero-order valence-electron chi connectivity index (χ0n) is 23.0. The maximum Gasteiger partial charge on any atom is 0.246 e. The number of nitrogens with zero attached hydrogens (tertiary/aromatic N) is 7. The van der Waals surface area contributed by atoms with E-state index in [0.29, 0.717) is 74.9 Å². The first kappa shape index (κ1) is 27.3. The highest BCUT2D eigenvalue weighted by molar-refractivity contribution is 6.35. The van der Waals surface area contributed by atoms with Gasteiger partial charge in [0.2, 0.25) is 11.8 Å². The molecule has 3 aliphatic rings. The summed E-state index contributed by atoms with van der Waals surface area (Å²) >= 11 is 6.51. The van der Waals surface area contributed by atoms with Crippen LogP contribution in [0.4, 0.5) is 15.8 Å². The number of aromatic nitrogens is 3. The highest BCUT2D eigenvalue weighted by Gasteiger charge is 2.33. The van der Waals surface area contributed by atoms with Gasteiger partial charge in [0.15, 0.2) is 0 Å². The summed E-state index contributed by atoms with van der Waals surface area (Å²) in [6.07, 6.45) is 5.70. The highest BCUT2D eigenvalue weighted by Crippen LogP contribution is 2.41. The summed E-state index contributed by atoms with van der Waals surface area (Å²) in [5.41, 5.74) is 4.11. The number of likely N-dealkylation sites (tertiary alicyclic amines) is 1. The number of ether oxygens (including phenoxy) is 1. The van der Waals surface area contributed by atoms with Crippen molar-refractivity contribution in [1.29, 1.82) is 5.26 Å². The van der Waals surface area contributed by atoms with E-state index >= 15 is 0 Å². The van der Waals surface area contributed by atoms with E-state index in [1.165, 1.54) is 12.1 Å². The third-order valence-corrected chi connectivity index (χ3v) is 8.86. The number of aromatic amines is 1. The third-order valence-electron chi connectivity index (χ3n) is 8.50. The van der Waals surface area contributed by atoms with Crippen LogP contribution in [0.15, 0.2) is 24.9 Å². The van der Waals surface area contributed by atoms with Gasteiger partial charge < -0.3 is 24.3 Å². The van der Waals surface area contributed by atoms with Gasteiger partial charge in [-0.1, -0.05) is 18.2 Å². The average Bonchev–Trinajstić information content (AvgIpc) is 3.63. The first-order valence-corrected chi connectivity index (χ1v) is 14.3. The number of amides is 1. The van der Waals surface area contributed by atoms with Crippen LogP contribution in [0.3, 0.4) is 0 Å². The van der Waals surface area contributed by atoms with E-state index in [2.05, 4.69) is 39.7 Å². The number of H-pyrrole nitrogens is 1. The SMILES string of the molecule is C=CC(=O)N1CCN(c2c(C#N)c(OCC3CCCN3C)nc3c2CCN(c2c(Cl)c(F)cc4[nH]ncc24)C3)CC1. The van der Waals surface area contributed by atoms with E-state index in [1.807, 2.05) is 4.90 Å². The number of halogens is 2. The number of pyridine rings is 1. The minimum Gasteiger partial charge on any atom is -0.475 e. The molecule has 0 saturated carbocycles. The lowest BCUT2D eigenvalue weighted by Gasteiger charge is -2.39. The Morgan fingerprint density at radius 1 is 1.27 bits per heavy atom. The summed E-state index contributed by atoms with van der Waals surface area (Å²) in [4.78, 5) is 25.3. The second kappa shape index (κ2) is 11.2. The van der Waals surface area contributed by atoms with E-state index in [1.54, 1.807) is 11.1 Å². The van der Waals surface area contributed by atoms with Gasteiger partial charge in [0, 0.05) is 55.8 Å². The number of rotatable bonds is 6. The van der Waals surface area contributed by atoms with Crippen molar-refractivity contribution in [2.24, 2.45) is 0 Å². The predicted octanol–water partition coefficient (Wildman–Crippen LogP) is 3.49. The number of nitriles is 1. The normalized spacial score (nSPS) is 19.4. The Hall–Kier alpha value is -3.88. The number of likely N-dealkylation sites (N-methyl/N-ethyl adjacent to an activating group) is 1. The minimum absolute atomic E-state index is 0.0416. The third kappa shape index (κ3) is 4.96. The number of anilines is 2. The fourth-order valence-electron chi connectivity index (χ4n) is 6.25. The maximum absolute atomic E-state index is 14.8. The van der Waals surface area contributed by atoms with Crippen LogP contribution in [0, 0.1) is 17.1 Å². The molecule has 3 aromatic rings. The van der Waals surface area contributed by atoms with Gasteiger partial charge in [-0.25, -0.2) is 9.37 Å². The number of fused-ring (bicyclic) bond motifs is 2. The molecule has 1 atom stereocenters. The topological polar surface area (TPSA) is 105 Å². The van der Waals surface area contributed by atoms with Gasteiger partial charge in [-0.05, 0) is 38.9 Å². The molecular weight excluding hydrogens is 547 g/mol. The summed E-state index contributed by atoms with van der Waals surface area (Å²) in [6, 6.07) is 4.00. The van der Waals surface area contributed by atoms with Crippen LogP contribution in [-0.2, 0) is 17.8 Å². The Bertz CT molecular complexity index is 1540. The van der Waals surface area contributed by atoms with E-state index in [-0.39, 0.29) is 17.0 Å². The molecule has 3 aliphatic heterocycles. The largest absolute Gasteiger partial charge is 0.475 e. The second-order valence-electron chi connectivity index (χ2n) is 10.8. The Balaban J connectivity index is 1.39. The molecule has 1 unspecified atom stereocenters. The summed E-state index contributed by atoms with van der Waals surface area (Å²) in [5.74, 6) is -0.305. The van der Waals surface area contributed by atoms with Gasteiger partial charge in [0.25, 0.3) is 0 Å². The van der Waals surface area contributed by atoms with Gasteiger partial charge in [0.05, 0.1) is 35.3 Å². The molecule has 2 aromatic heterocycles. The first-order valence-electron chi connectivity index (χ1n) is 13.9. The molecule has 10 nitrogen and oxygen atoms in total. The number of carbonyl (C=O) groups excluding carboxylic acids is 1. The lowest BCUT2D eigenvalue weighted by atomic mass is 9.97. The number of hydrogen-bond acceptors (Lipinski definition) is 8. The predicted molar refractivity (Wildman–Crippen MR) is 155 cm³/mol. The molecule has 41 heavy (non-hydrogen) atoms. The Kier molecular flexibility index (Phi) is 7.45. The number of carbonyl (C=O) groups is 1. The van der Waals surface area contributed by atoms with Crippen LogP contribution in [0.2, 0.25) is 5.02 Å². The lowest BCUT2D eigenvalue weighted by Crippen LogP contribution is -2.49. The maximum atomic E-state index is 14.8. The number of piperazine rings is 1. The molecule has 1 aromatic carbocycles. The van der Waals surface area contributed by atoms with Gasteiger partial charge in [-0.3, -0.25) is 9.89 Å². The Labute approximate surface area is 242 Å². The van der Waals surface area contributed by atoms with Crippen LogP contribution < -0.4 is 14.5 Å². The van der Waals surface area contributed by atoms with Crippen molar-refractivity contribution in [1.82, 2.24) is 25.0 Å². The van der Waals surface area contributed by atoms with Crippen molar-refractivity contribution in [3.8, 4) is 11.9 Å². The quantitative estimate of drug-likeness (QED) is 0.443. The molecule has 2 fully saturated rings. The van der Waals surface area contributed by atoms with Gasteiger partial charge >= 0.3 is 0 Å². The van der Waals surface area contributed by atoms with E-state index in [4.69, 9.17) is 21.3 Å². The molecule has 0 radical (unpaired) electrons. The number of benzene rings is 1. The average molecular weight is 579 g/mol. The van der Waals surface area contributed by atoms with Crippen molar-refractivity contribution in [3.63, 3.8) is 0 Å². The summed E-state index contributed by atoms with van der Waals surface area (Å²) < 4.78 is 21.1. The highest BCUT2D eigenvalue weighted by atomic mass is 35.5. The van der Waals surface area contributed by atoms with Crippen molar-refractivity contribution in [3.05, 3.63) is 52.6 Å². The molecule has 5 heterocycles. The van der Waals surface area contributed by atoms with Gasteiger partial charge in [0.1, 0.15) is 29.1 Å². The summed E-state index contributed by atoms with van der Waals surface area (Å²) in [5, 5.41) is 18.1. The van der Waals surface area contributed by atoms with Crippen LogP contribution in [0.25, 0.3) is 10.9 Å². The Morgan fingerprint density at radius 3 is 2.78 bits per heavy atom. The molecule has 6 rings (SSSR count). The summed E-state index contributed by atoms with van der Waals surface area (Å²) in [6.45, 7) is 8.18. The zero-order valence-corrected chi connectivity index (χ0v) is 23.8. The molecule has 12 heteroatoms. The van der Waals surface area contributed by atoms with Crippen molar-refractivity contribution >= 4 is 39.8 Å². The van der Waals surface area contributed by atoms with Crippen molar-refractivity contribution in [2.75, 3.05) is 62.7 Å². The van der Waals surface area contributed by atoms with Gasteiger partial charge in [-0.15, -0.1) is 0 Å². The van der Waals surface area contributed by atoms with Crippen LogP contribution in [0.5, 0.6) is 5.88 Å². The molecule has 0 spiro atoms. The molecule has 1 N–H and O–H groups in total. The first-order chi connectivity index (χ1) is 19.9. The van der Waals surface area contributed by atoms with Gasteiger partial charge in [-0.2, -0.15) is 10.4 Å². The second-order valence-corrected chi connectivity index (χ2v) is 11.2. The standard InChI is InChI=1S/C29H32ClFN8O2/c1-3-25(40)37-9-11-38(12-10-37)27-19-6-8-39(28-21-15-33-35-23(21)13-22(31)26(28)30)16-24(19)34-29(20(27)14-32)41-17-18-5-4-7-36(18)2/h3,13,15,18H,1,4-12,16-17H2,2H3,(H,33,35). The number of nitrogens with one attached hydrogen (secondary N) is 1. The van der Waals surface area contributed by atoms with E-state index in [9.17, 15) is 14.4 Å². The zero-order chi connectivity index (χ0) is 28.7. The fourth-order valence-corrected chi connectivity index (χ4v) is 6.53. The van der Waals surface area contributed by atoms with E-state index in [0.717, 1.165) is 41.7 Å². The molecule has 0 aliphatic carbocycles. The molecule has 0 bridgehead atoms. The summed E-state index contributed by atoms with van der Waals surface area (Å²) in [7, 11) is 2.08. The monoisotopic (exact) mass is 578 g/mol.